The number of nitrogens with zero attached hydrogens (tertiary/aromatic N) is 4. The van der Waals surface area contributed by atoms with Crippen LogP contribution < -0.4 is 11.0 Å². The summed E-state index contributed by atoms with van der Waals surface area (Å²) in [7, 11) is 1.73. The molecule has 0 aliphatic carbocycles. The smallest absolute Gasteiger partial charge is 0.357 e. The fourth-order valence-corrected chi connectivity index (χ4v) is 1.65. The average Bonchev–Trinajstić information content (AvgIpc) is 2.78. The van der Waals surface area contributed by atoms with Crippen LogP contribution in [0.5, 0.6) is 0 Å². The molecule has 2 aromatic heterocycles. The van der Waals surface area contributed by atoms with E-state index in [0.29, 0.717) is 18.0 Å². The van der Waals surface area contributed by atoms with Gasteiger partial charge in [0.2, 0.25) is 5.91 Å². The minimum absolute atomic E-state index is 0.0380. The number of aromatic amines is 1. The third-order valence-corrected chi connectivity index (χ3v) is 2.86. The Morgan fingerprint density at radius 2 is 2.32 bits per heavy atom. The van der Waals surface area contributed by atoms with Gasteiger partial charge in [-0.1, -0.05) is 0 Å². The van der Waals surface area contributed by atoms with Crippen LogP contribution in [0.25, 0.3) is 5.65 Å². The summed E-state index contributed by atoms with van der Waals surface area (Å²) in [6, 6.07) is 2.90. The molecule has 0 radical (unpaired) electrons. The number of amides is 1. The molecule has 0 saturated carbocycles. The highest BCUT2D eigenvalue weighted by molar-refractivity contribution is 5.83. The summed E-state index contributed by atoms with van der Waals surface area (Å²) < 4.78 is 1.14. The van der Waals surface area contributed by atoms with Crippen molar-refractivity contribution in [3.05, 3.63) is 22.6 Å². The maximum absolute atomic E-state index is 11.9. The molecule has 0 saturated heterocycles. The Hall–Kier alpha value is -2.38. The van der Waals surface area contributed by atoms with Crippen molar-refractivity contribution in [3.63, 3.8) is 0 Å². The number of hydrogen-bond acceptors (Lipinski definition) is 5. The fraction of sp³-hybridized carbons (Fsp3) is 0.455. The number of nitrogens with one attached hydrogen (secondary N) is 2. The van der Waals surface area contributed by atoms with Crippen LogP contribution in [0, 0.1) is 0 Å². The second-order valence-electron chi connectivity index (χ2n) is 4.24. The van der Waals surface area contributed by atoms with Gasteiger partial charge in [0.1, 0.15) is 11.9 Å². The standard InChI is InChI=1S/C11H16N6O2/c1-4-16(3)10(18)7(2)12-8-5-6-9-13-14-11(19)17(9)15-8/h5-7H,4H2,1-3H3,(H,12,15)(H,14,19). The molecule has 0 aliphatic rings. The van der Waals surface area contributed by atoms with E-state index in [1.165, 1.54) is 0 Å². The van der Waals surface area contributed by atoms with Crippen LogP contribution in [0.1, 0.15) is 13.8 Å². The molecule has 8 heteroatoms. The molecule has 19 heavy (non-hydrogen) atoms. The lowest BCUT2D eigenvalue weighted by molar-refractivity contribution is -0.130. The molecular weight excluding hydrogens is 248 g/mol. The van der Waals surface area contributed by atoms with E-state index in [-0.39, 0.29) is 5.91 Å². The van der Waals surface area contributed by atoms with Crippen LogP contribution >= 0.6 is 0 Å². The number of aromatic nitrogens is 4. The summed E-state index contributed by atoms with van der Waals surface area (Å²) in [6.45, 7) is 4.29. The number of carbonyl (C=O) groups is 1. The Balaban J connectivity index is 2.19. The second kappa shape index (κ2) is 5.09. The van der Waals surface area contributed by atoms with Crippen LogP contribution in [-0.2, 0) is 4.79 Å². The Morgan fingerprint density at radius 3 is 3.00 bits per heavy atom. The highest BCUT2D eigenvalue weighted by Gasteiger charge is 2.16. The van der Waals surface area contributed by atoms with Gasteiger partial charge in [-0.15, -0.1) is 5.10 Å². The zero-order valence-electron chi connectivity index (χ0n) is 11.0. The first kappa shape index (κ1) is 13.1. The normalized spacial score (nSPS) is 12.4. The summed E-state index contributed by atoms with van der Waals surface area (Å²) in [5, 5.41) is 13.1. The number of hydrogen-bond donors (Lipinski definition) is 2. The lowest BCUT2D eigenvalue weighted by Gasteiger charge is -2.20. The van der Waals surface area contributed by atoms with Crippen molar-refractivity contribution in [1.82, 2.24) is 24.7 Å². The largest absolute Gasteiger partial charge is 0.364 e. The summed E-state index contributed by atoms with van der Waals surface area (Å²) >= 11 is 0. The van der Waals surface area contributed by atoms with Gasteiger partial charge < -0.3 is 10.2 Å². The lowest BCUT2D eigenvalue weighted by Crippen LogP contribution is -2.39. The molecule has 0 aliphatic heterocycles. The molecule has 2 N–H and O–H groups in total. The molecule has 0 aromatic carbocycles. The zero-order chi connectivity index (χ0) is 14.0. The van der Waals surface area contributed by atoms with E-state index in [9.17, 15) is 9.59 Å². The van der Waals surface area contributed by atoms with Crippen molar-refractivity contribution >= 4 is 17.4 Å². The van der Waals surface area contributed by atoms with Gasteiger partial charge in [0, 0.05) is 13.6 Å². The third-order valence-electron chi connectivity index (χ3n) is 2.86. The van der Waals surface area contributed by atoms with Crippen molar-refractivity contribution in [3.8, 4) is 0 Å². The molecular formula is C11H16N6O2. The van der Waals surface area contributed by atoms with Gasteiger partial charge in [0.05, 0.1) is 0 Å². The number of rotatable bonds is 4. The van der Waals surface area contributed by atoms with Crippen LogP contribution in [0.4, 0.5) is 5.82 Å². The van der Waals surface area contributed by atoms with Crippen LogP contribution in [0.15, 0.2) is 16.9 Å². The van der Waals surface area contributed by atoms with Gasteiger partial charge in [0.25, 0.3) is 0 Å². The number of anilines is 1. The zero-order valence-corrected chi connectivity index (χ0v) is 11.0. The van der Waals surface area contributed by atoms with E-state index in [0.717, 1.165) is 4.52 Å². The van der Waals surface area contributed by atoms with Gasteiger partial charge in [-0.2, -0.15) is 9.61 Å². The van der Waals surface area contributed by atoms with E-state index in [1.807, 2.05) is 6.92 Å². The molecule has 102 valence electrons. The van der Waals surface area contributed by atoms with E-state index in [2.05, 4.69) is 20.6 Å². The molecule has 8 nitrogen and oxygen atoms in total. The topological polar surface area (TPSA) is 95.4 Å². The predicted octanol–water partition coefficient (Wildman–Crippen LogP) is -0.304. The molecule has 2 aromatic rings. The van der Waals surface area contributed by atoms with Gasteiger partial charge >= 0.3 is 5.69 Å². The molecule has 1 atom stereocenters. The predicted molar refractivity (Wildman–Crippen MR) is 70.0 cm³/mol. The highest BCUT2D eigenvalue weighted by atomic mass is 16.2. The van der Waals surface area contributed by atoms with Gasteiger partial charge in [-0.3, -0.25) is 4.79 Å². The van der Waals surface area contributed by atoms with Gasteiger partial charge in [-0.05, 0) is 26.0 Å². The number of carbonyl (C=O) groups excluding carboxylic acids is 1. The van der Waals surface area contributed by atoms with E-state index >= 15 is 0 Å². The van der Waals surface area contributed by atoms with E-state index < -0.39 is 11.7 Å². The van der Waals surface area contributed by atoms with Crippen molar-refractivity contribution in [2.75, 3.05) is 18.9 Å². The maximum Gasteiger partial charge on any atom is 0.364 e. The number of likely N-dealkylation sites (N-methyl/N-ethyl adjacent to an activating group) is 1. The summed E-state index contributed by atoms with van der Waals surface area (Å²) in [6.07, 6.45) is 0. The van der Waals surface area contributed by atoms with Gasteiger partial charge in [-0.25, -0.2) is 9.89 Å². The fourth-order valence-electron chi connectivity index (χ4n) is 1.65. The Morgan fingerprint density at radius 1 is 1.58 bits per heavy atom. The third kappa shape index (κ3) is 2.56. The molecule has 2 heterocycles. The Bertz CT molecular complexity index is 646. The van der Waals surface area contributed by atoms with Crippen molar-refractivity contribution in [2.24, 2.45) is 0 Å². The van der Waals surface area contributed by atoms with Crippen molar-refractivity contribution in [1.29, 1.82) is 0 Å². The molecule has 1 unspecified atom stereocenters. The van der Waals surface area contributed by atoms with E-state index in [1.54, 1.807) is 31.0 Å². The maximum atomic E-state index is 11.9. The quantitative estimate of drug-likeness (QED) is 0.790. The summed E-state index contributed by atoms with van der Waals surface area (Å²) in [5.74, 6) is 0.408. The SMILES string of the molecule is CCN(C)C(=O)C(C)Nc1ccc2n[nH]c(=O)n2n1. The number of fused-ring (bicyclic) bond motifs is 1. The molecule has 0 fully saturated rings. The number of H-pyrrole nitrogens is 1. The highest BCUT2D eigenvalue weighted by Crippen LogP contribution is 2.06. The first-order valence-electron chi connectivity index (χ1n) is 5.99. The van der Waals surface area contributed by atoms with Crippen molar-refractivity contribution in [2.45, 2.75) is 19.9 Å². The van der Waals surface area contributed by atoms with Crippen LogP contribution in [-0.4, -0.2) is 50.3 Å². The average molecular weight is 264 g/mol. The molecule has 0 spiro atoms. The van der Waals surface area contributed by atoms with E-state index in [4.69, 9.17) is 0 Å². The monoisotopic (exact) mass is 264 g/mol. The Kier molecular flexibility index (Phi) is 3.50. The molecule has 0 bridgehead atoms. The van der Waals surface area contributed by atoms with Crippen LogP contribution in [0.3, 0.4) is 0 Å². The molecule has 1 amide bonds. The first-order chi connectivity index (χ1) is 9.02. The second-order valence-corrected chi connectivity index (χ2v) is 4.24. The first-order valence-corrected chi connectivity index (χ1v) is 5.99. The minimum atomic E-state index is -0.419. The van der Waals surface area contributed by atoms with Crippen molar-refractivity contribution < 1.29 is 4.79 Å². The minimum Gasteiger partial charge on any atom is -0.357 e. The van der Waals surface area contributed by atoms with Crippen LogP contribution in [0.2, 0.25) is 0 Å². The van der Waals surface area contributed by atoms with Gasteiger partial charge in [0.15, 0.2) is 5.65 Å². The summed E-state index contributed by atoms with van der Waals surface area (Å²) in [4.78, 5) is 24.9. The molecule has 2 rings (SSSR count). The lowest BCUT2D eigenvalue weighted by atomic mass is 10.3. The Labute approximate surface area is 109 Å². The summed E-state index contributed by atoms with van der Waals surface area (Å²) in [5.41, 5.74) is 0.0171.